The molecule has 0 aliphatic rings. The molecule has 2 aromatic heterocycles. The van der Waals surface area contributed by atoms with E-state index in [1.165, 1.54) is 18.5 Å². The Labute approximate surface area is 172 Å². The molecular formula is C22H21FN4O3. The number of carbonyl (C=O) groups is 1. The number of halogens is 1. The average molecular weight is 408 g/mol. The van der Waals surface area contributed by atoms with Gasteiger partial charge in [0.05, 0.1) is 18.5 Å². The summed E-state index contributed by atoms with van der Waals surface area (Å²) < 4.78 is 20.8. The van der Waals surface area contributed by atoms with Gasteiger partial charge in [-0.3, -0.25) is 4.79 Å². The smallest absolute Gasteiger partial charge is 0.268 e. The molecular weight excluding hydrogens is 387 g/mol. The zero-order chi connectivity index (χ0) is 21.3. The number of hydrogen-bond acceptors (Lipinski definition) is 5. The number of primary amides is 1. The highest BCUT2D eigenvalue weighted by Gasteiger charge is 2.20. The Bertz CT molecular complexity index is 1180. The summed E-state index contributed by atoms with van der Waals surface area (Å²) in [5.41, 5.74) is 8.45. The first-order valence-corrected chi connectivity index (χ1v) is 9.58. The fourth-order valence-corrected chi connectivity index (χ4v) is 3.51. The van der Waals surface area contributed by atoms with Crippen LogP contribution in [-0.4, -0.2) is 31.7 Å². The fraction of sp³-hybridized carbons (Fsp3) is 0.227. The molecule has 0 aliphatic carbocycles. The molecule has 7 nitrogen and oxygen atoms in total. The predicted molar refractivity (Wildman–Crippen MR) is 109 cm³/mol. The molecule has 0 radical (unpaired) electrons. The second kappa shape index (κ2) is 8.08. The molecule has 0 fully saturated rings. The van der Waals surface area contributed by atoms with Crippen molar-refractivity contribution in [2.45, 2.75) is 31.9 Å². The van der Waals surface area contributed by atoms with Crippen molar-refractivity contribution in [2.24, 2.45) is 5.73 Å². The van der Waals surface area contributed by atoms with Gasteiger partial charge in [-0.15, -0.1) is 0 Å². The van der Waals surface area contributed by atoms with Crippen molar-refractivity contribution in [1.29, 1.82) is 0 Å². The number of aromatic nitrogens is 3. The Balaban J connectivity index is 1.59. The molecule has 0 aliphatic heterocycles. The number of aliphatic hydroxyl groups excluding tert-OH is 1. The Hall–Kier alpha value is -3.52. The van der Waals surface area contributed by atoms with E-state index < -0.39 is 12.0 Å². The molecule has 0 bridgehead atoms. The van der Waals surface area contributed by atoms with Gasteiger partial charge in [0.1, 0.15) is 17.0 Å². The maximum absolute atomic E-state index is 13.2. The van der Waals surface area contributed by atoms with Crippen molar-refractivity contribution >= 4 is 17.0 Å². The molecule has 2 aromatic carbocycles. The quantitative estimate of drug-likeness (QED) is 0.487. The first-order chi connectivity index (χ1) is 14.4. The summed E-state index contributed by atoms with van der Waals surface area (Å²) in [7, 11) is 0. The van der Waals surface area contributed by atoms with Crippen molar-refractivity contribution in [1.82, 2.24) is 14.5 Å². The van der Waals surface area contributed by atoms with Crippen LogP contribution in [0.5, 0.6) is 0 Å². The van der Waals surface area contributed by atoms with Gasteiger partial charge in [-0.1, -0.05) is 12.1 Å². The normalized spacial score (nSPS) is 13.4. The fourth-order valence-electron chi connectivity index (χ4n) is 3.51. The third kappa shape index (κ3) is 3.95. The summed E-state index contributed by atoms with van der Waals surface area (Å²) in [5, 5.41) is 10.3. The Kier molecular flexibility index (Phi) is 5.33. The first kappa shape index (κ1) is 19.8. The van der Waals surface area contributed by atoms with E-state index >= 15 is 0 Å². The molecule has 8 heteroatoms. The van der Waals surface area contributed by atoms with E-state index in [2.05, 4.69) is 9.97 Å². The third-order valence-corrected chi connectivity index (χ3v) is 5.10. The maximum Gasteiger partial charge on any atom is 0.268 e. The molecule has 2 heterocycles. The van der Waals surface area contributed by atoms with E-state index in [0.29, 0.717) is 29.9 Å². The van der Waals surface area contributed by atoms with Gasteiger partial charge in [-0.25, -0.2) is 14.4 Å². The maximum atomic E-state index is 13.2. The summed E-state index contributed by atoms with van der Waals surface area (Å²) in [6.45, 7) is 1.69. The van der Waals surface area contributed by atoms with Crippen LogP contribution in [0.25, 0.3) is 22.6 Å². The molecule has 0 spiro atoms. The number of fused-ring (bicyclic) bond motifs is 1. The number of imidazole rings is 1. The number of hydrogen-bond donors (Lipinski definition) is 2. The molecule has 1 amide bonds. The van der Waals surface area contributed by atoms with E-state index in [1.807, 2.05) is 18.2 Å². The molecule has 0 saturated heterocycles. The Morgan fingerprint density at radius 1 is 1.27 bits per heavy atom. The average Bonchev–Trinajstić information content (AvgIpc) is 3.36. The molecule has 154 valence electrons. The number of rotatable bonds is 7. The van der Waals surface area contributed by atoms with Gasteiger partial charge < -0.3 is 19.8 Å². The number of oxazole rings is 1. The van der Waals surface area contributed by atoms with Gasteiger partial charge in [0.2, 0.25) is 5.89 Å². The number of aliphatic hydroxyl groups is 1. The molecule has 4 aromatic rings. The molecule has 2 atom stereocenters. The minimum Gasteiger partial charge on any atom is -0.436 e. The lowest BCUT2D eigenvalue weighted by Crippen LogP contribution is -2.21. The van der Waals surface area contributed by atoms with E-state index in [4.69, 9.17) is 10.2 Å². The summed E-state index contributed by atoms with van der Waals surface area (Å²) in [4.78, 5) is 19.9. The monoisotopic (exact) mass is 408 g/mol. The van der Waals surface area contributed by atoms with Gasteiger partial charge in [-0.2, -0.15) is 0 Å². The van der Waals surface area contributed by atoms with Crippen molar-refractivity contribution < 1.29 is 18.7 Å². The van der Waals surface area contributed by atoms with Gasteiger partial charge in [0, 0.05) is 11.8 Å². The van der Waals surface area contributed by atoms with Crippen molar-refractivity contribution in [2.75, 3.05) is 0 Å². The van der Waals surface area contributed by atoms with Crippen molar-refractivity contribution in [3.05, 3.63) is 72.1 Å². The molecule has 3 N–H and O–H groups in total. The Morgan fingerprint density at radius 2 is 2.03 bits per heavy atom. The molecule has 0 saturated carbocycles. The zero-order valence-electron chi connectivity index (χ0n) is 16.3. The van der Waals surface area contributed by atoms with Gasteiger partial charge in [0.15, 0.2) is 5.58 Å². The highest BCUT2D eigenvalue weighted by atomic mass is 19.1. The SMILES string of the molecule is C[C@H](O)[C@@H](CCc1cccc2oc(-c3ccc(F)cc3)nc12)n1cnc(C(N)=O)c1. The van der Waals surface area contributed by atoms with Crippen molar-refractivity contribution in [3.8, 4) is 11.5 Å². The molecule has 30 heavy (non-hydrogen) atoms. The highest BCUT2D eigenvalue weighted by molar-refractivity contribution is 5.90. The lowest BCUT2D eigenvalue weighted by atomic mass is 10.0. The van der Waals surface area contributed by atoms with Gasteiger partial charge >= 0.3 is 0 Å². The number of nitrogens with two attached hydrogens (primary N) is 1. The van der Waals surface area contributed by atoms with Crippen LogP contribution in [-0.2, 0) is 6.42 Å². The largest absolute Gasteiger partial charge is 0.436 e. The minimum atomic E-state index is -0.661. The Morgan fingerprint density at radius 3 is 2.70 bits per heavy atom. The van der Waals surface area contributed by atoms with Gasteiger partial charge in [0.25, 0.3) is 5.91 Å². The van der Waals surface area contributed by atoms with Crippen LogP contribution in [0, 0.1) is 5.82 Å². The van der Waals surface area contributed by atoms with Crippen molar-refractivity contribution in [3.63, 3.8) is 0 Å². The molecule has 0 unspecified atom stereocenters. The van der Waals surface area contributed by atoms with E-state index in [0.717, 1.165) is 11.1 Å². The summed E-state index contributed by atoms with van der Waals surface area (Å²) >= 11 is 0. The number of carbonyl (C=O) groups excluding carboxylic acids is 1. The number of nitrogens with zero attached hydrogens (tertiary/aromatic N) is 3. The standard InChI is InChI=1S/C22H21FN4O3/c1-13(28)18(27-11-17(21(24)29)25-12-27)10-7-14-3-2-4-19-20(14)26-22(30-19)15-5-8-16(23)9-6-15/h2-6,8-9,11-13,18,28H,7,10H2,1H3,(H2,24,29)/t13-,18+/m0/s1. The van der Waals surface area contributed by atoms with Crippen LogP contribution in [0.1, 0.15) is 35.4 Å². The van der Waals surface area contributed by atoms with Crippen LogP contribution in [0.2, 0.25) is 0 Å². The third-order valence-electron chi connectivity index (χ3n) is 5.10. The number of aryl methyl sites for hydroxylation is 1. The van der Waals surface area contributed by atoms with E-state index in [9.17, 15) is 14.3 Å². The summed E-state index contributed by atoms with van der Waals surface area (Å²) in [5.74, 6) is -0.511. The second-order valence-electron chi connectivity index (χ2n) is 7.21. The number of para-hydroxylation sites is 1. The second-order valence-corrected chi connectivity index (χ2v) is 7.21. The minimum absolute atomic E-state index is 0.156. The first-order valence-electron chi connectivity index (χ1n) is 9.58. The van der Waals surface area contributed by atoms with Gasteiger partial charge in [-0.05, 0) is 55.7 Å². The van der Waals surface area contributed by atoms with Crippen LogP contribution < -0.4 is 5.73 Å². The van der Waals surface area contributed by atoms with Crippen LogP contribution in [0.4, 0.5) is 4.39 Å². The number of benzene rings is 2. The predicted octanol–water partition coefficient (Wildman–Crippen LogP) is 3.48. The summed E-state index contributed by atoms with van der Waals surface area (Å²) in [6, 6.07) is 11.4. The number of amides is 1. The lowest BCUT2D eigenvalue weighted by molar-refractivity contribution is 0.0994. The van der Waals surface area contributed by atoms with Crippen LogP contribution in [0.3, 0.4) is 0 Å². The van der Waals surface area contributed by atoms with Crippen LogP contribution in [0.15, 0.2) is 59.4 Å². The van der Waals surface area contributed by atoms with E-state index in [-0.39, 0.29) is 17.6 Å². The van der Waals surface area contributed by atoms with E-state index in [1.54, 1.807) is 29.8 Å². The molecule has 4 rings (SSSR count). The zero-order valence-corrected chi connectivity index (χ0v) is 16.3. The summed E-state index contributed by atoms with van der Waals surface area (Å²) in [6.07, 6.45) is 3.59. The highest BCUT2D eigenvalue weighted by Crippen LogP contribution is 2.28. The van der Waals surface area contributed by atoms with Crippen LogP contribution >= 0.6 is 0 Å². The topological polar surface area (TPSA) is 107 Å². The lowest BCUT2D eigenvalue weighted by Gasteiger charge is -2.21.